The molecule has 2 aromatic carbocycles. The molecule has 0 fully saturated rings. The molecule has 3 rings (SSSR count). The highest BCUT2D eigenvalue weighted by Crippen LogP contribution is 2.36. The minimum atomic E-state index is -0.664. The maximum Gasteiger partial charge on any atom is 0.417 e. The van der Waals surface area contributed by atoms with Crippen molar-refractivity contribution >= 4 is 28.4 Å². The van der Waals surface area contributed by atoms with Gasteiger partial charge in [0.1, 0.15) is 16.3 Å². The van der Waals surface area contributed by atoms with Crippen molar-refractivity contribution in [3.63, 3.8) is 0 Å². The van der Waals surface area contributed by atoms with E-state index in [1.165, 1.54) is 11.3 Å². The number of rotatable bonds is 5. The number of thiophene rings is 1. The summed E-state index contributed by atoms with van der Waals surface area (Å²) in [5, 5.41) is 4.86. The Labute approximate surface area is 155 Å². The summed E-state index contributed by atoms with van der Waals surface area (Å²) >= 11 is 1.25. The van der Waals surface area contributed by atoms with Gasteiger partial charge in [0, 0.05) is 10.9 Å². The minimum absolute atomic E-state index is 0.247. The van der Waals surface area contributed by atoms with Gasteiger partial charge in [-0.15, -0.1) is 11.3 Å². The van der Waals surface area contributed by atoms with Crippen LogP contribution in [0.1, 0.15) is 17.3 Å². The summed E-state index contributed by atoms with van der Waals surface area (Å²) in [6, 6.07) is 18.2. The predicted molar refractivity (Wildman–Crippen MR) is 102 cm³/mol. The van der Waals surface area contributed by atoms with Crippen LogP contribution in [0.3, 0.4) is 0 Å². The van der Waals surface area contributed by atoms with Crippen LogP contribution in [-0.4, -0.2) is 18.7 Å². The van der Waals surface area contributed by atoms with Crippen molar-refractivity contribution in [2.45, 2.75) is 6.92 Å². The van der Waals surface area contributed by atoms with Crippen molar-refractivity contribution in [3.05, 3.63) is 71.6 Å². The first kappa shape index (κ1) is 17.7. The average molecular weight is 367 g/mol. The van der Waals surface area contributed by atoms with E-state index in [1.54, 1.807) is 31.2 Å². The third-order valence-corrected chi connectivity index (χ3v) is 4.42. The van der Waals surface area contributed by atoms with Gasteiger partial charge in [0.05, 0.1) is 6.61 Å². The van der Waals surface area contributed by atoms with Gasteiger partial charge in [0.25, 0.3) is 0 Å². The second kappa shape index (κ2) is 8.31. The van der Waals surface area contributed by atoms with Gasteiger partial charge in [-0.25, -0.2) is 9.59 Å². The van der Waals surface area contributed by atoms with Crippen molar-refractivity contribution in [1.82, 2.24) is 0 Å². The zero-order chi connectivity index (χ0) is 18.4. The van der Waals surface area contributed by atoms with Crippen molar-refractivity contribution < 1.29 is 19.1 Å². The van der Waals surface area contributed by atoms with Crippen LogP contribution in [0.4, 0.5) is 9.80 Å². The Balaban J connectivity index is 1.88. The quantitative estimate of drug-likeness (QED) is 0.629. The lowest BCUT2D eigenvalue weighted by atomic mass is 10.0. The number of benzene rings is 2. The predicted octanol–water partition coefficient (Wildman–Crippen LogP) is 5.20. The first-order valence-corrected chi connectivity index (χ1v) is 8.95. The number of nitrogens with one attached hydrogen (secondary N) is 1. The molecule has 0 aliphatic heterocycles. The summed E-state index contributed by atoms with van der Waals surface area (Å²) in [5.41, 5.74) is 1.91. The van der Waals surface area contributed by atoms with Crippen LogP contribution in [0, 0.1) is 0 Å². The minimum Gasteiger partial charge on any atom is -0.462 e. The van der Waals surface area contributed by atoms with Gasteiger partial charge in [-0.05, 0) is 24.6 Å². The lowest BCUT2D eigenvalue weighted by Gasteiger charge is -2.09. The third kappa shape index (κ3) is 4.10. The molecule has 0 saturated carbocycles. The van der Waals surface area contributed by atoms with Crippen molar-refractivity contribution in [1.29, 1.82) is 0 Å². The SMILES string of the molecule is CCOC(=O)c1c(-c2ccccc2)csc1NC(=O)Oc1ccccc1. The fourth-order valence-corrected chi connectivity index (χ4v) is 3.34. The third-order valence-electron chi connectivity index (χ3n) is 3.52. The monoisotopic (exact) mass is 367 g/mol. The standard InChI is InChI=1S/C20H17NO4S/c1-2-24-19(22)17-16(14-9-5-3-6-10-14)13-26-18(17)21-20(23)25-15-11-7-4-8-12-15/h3-13H,2H2,1H3,(H,21,23). The maximum absolute atomic E-state index is 12.5. The molecule has 26 heavy (non-hydrogen) atoms. The first-order chi connectivity index (χ1) is 12.7. The molecule has 0 atom stereocenters. The fraction of sp³-hybridized carbons (Fsp3) is 0.100. The molecule has 0 aliphatic carbocycles. The van der Waals surface area contributed by atoms with Crippen molar-refractivity contribution in [3.8, 4) is 16.9 Å². The van der Waals surface area contributed by atoms with Crippen molar-refractivity contribution in [2.75, 3.05) is 11.9 Å². The molecule has 3 aromatic rings. The van der Waals surface area contributed by atoms with E-state index in [0.29, 0.717) is 21.9 Å². The van der Waals surface area contributed by atoms with E-state index in [4.69, 9.17) is 9.47 Å². The number of carbonyl (C=O) groups excluding carboxylic acids is 2. The Morgan fingerprint density at radius 2 is 1.65 bits per heavy atom. The van der Waals surface area contributed by atoms with Gasteiger partial charge in [0.15, 0.2) is 0 Å². The molecule has 0 unspecified atom stereocenters. The van der Waals surface area contributed by atoms with Gasteiger partial charge in [-0.2, -0.15) is 0 Å². The highest BCUT2D eigenvalue weighted by Gasteiger charge is 2.23. The van der Waals surface area contributed by atoms with E-state index in [-0.39, 0.29) is 6.61 Å². The number of anilines is 1. The Morgan fingerprint density at radius 1 is 1.00 bits per heavy atom. The van der Waals surface area contributed by atoms with Gasteiger partial charge in [0.2, 0.25) is 0 Å². The molecule has 6 heteroatoms. The van der Waals surface area contributed by atoms with Crippen LogP contribution >= 0.6 is 11.3 Å². The average Bonchev–Trinajstić information content (AvgIpc) is 3.07. The molecule has 0 bridgehead atoms. The van der Waals surface area contributed by atoms with Crippen LogP contribution in [0.25, 0.3) is 11.1 Å². The normalized spacial score (nSPS) is 10.2. The molecule has 0 radical (unpaired) electrons. The summed E-state index contributed by atoms with van der Waals surface area (Å²) in [6.45, 7) is 1.99. The van der Waals surface area contributed by atoms with Crippen LogP contribution < -0.4 is 10.1 Å². The highest BCUT2D eigenvalue weighted by molar-refractivity contribution is 7.15. The second-order valence-electron chi connectivity index (χ2n) is 5.27. The molecule has 0 aliphatic rings. The van der Waals surface area contributed by atoms with Crippen LogP contribution in [-0.2, 0) is 4.74 Å². The Hall–Kier alpha value is -3.12. The molecule has 1 amide bonds. The smallest absolute Gasteiger partial charge is 0.417 e. The van der Waals surface area contributed by atoms with Crippen molar-refractivity contribution in [2.24, 2.45) is 0 Å². The van der Waals surface area contributed by atoms with E-state index in [1.807, 2.05) is 41.8 Å². The second-order valence-corrected chi connectivity index (χ2v) is 6.15. The number of ether oxygens (including phenoxy) is 2. The van der Waals surface area contributed by atoms with Gasteiger partial charge < -0.3 is 9.47 Å². The number of carbonyl (C=O) groups is 2. The number of amides is 1. The summed E-state index contributed by atoms with van der Waals surface area (Å²) in [7, 11) is 0. The maximum atomic E-state index is 12.5. The van der Waals surface area contributed by atoms with E-state index in [2.05, 4.69) is 5.32 Å². The number of esters is 1. The summed E-state index contributed by atoms with van der Waals surface area (Å²) in [4.78, 5) is 24.6. The topological polar surface area (TPSA) is 64.6 Å². The summed E-state index contributed by atoms with van der Waals surface area (Å²) in [5.74, 6) is -0.0647. The zero-order valence-corrected chi connectivity index (χ0v) is 14.9. The zero-order valence-electron chi connectivity index (χ0n) is 14.1. The lowest BCUT2D eigenvalue weighted by molar-refractivity contribution is 0.0529. The van der Waals surface area contributed by atoms with E-state index in [0.717, 1.165) is 5.56 Å². The lowest BCUT2D eigenvalue weighted by Crippen LogP contribution is -2.18. The molecule has 0 spiro atoms. The fourth-order valence-electron chi connectivity index (χ4n) is 2.40. The molecule has 1 heterocycles. The van der Waals surface area contributed by atoms with E-state index >= 15 is 0 Å². The molecule has 1 N–H and O–H groups in total. The first-order valence-electron chi connectivity index (χ1n) is 8.07. The Morgan fingerprint density at radius 3 is 2.31 bits per heavy atom. The number of para-hydroxylation sites is 1. The van der Waals surface area contributed by atoms with E-state index in [9.17, 15) is 9.59 Å². The largest absolute Gasteiger partial charge is 0.462 e. The number of hydrogen-bond acceptors (Lipinski definition) is 5. The molecular weight excluding hydrogens is 350 g/mol. The number of hydrogen-bond donors (Lipinski definition) is 1. The Kier molecular flexibility index (Phi) is 5.66. The molecular formula is C20H17NO4S. The summed E-state index contributed by atoms with van der Waals surface area (Å²) in [6.07, 6.45) is -0.664. The van der Waals surface area contributed by atoms with Crippen LogP contribution in [0.5, 0.6) is 5.75 Å². The van der Waals surface area contributed by atoms with Gasteiger partial charge in [-0.3, -0.25) is 5.32 Å². The van der Waals surface area contributed by atoms with Crippen LogP contribution in [0.15, 0.2) is 66.0 Å². The van der Waals surface area contributed by atoms with E-state index < -0.39 is 12.1 Å². The van der Waals surface area contributed by atoms with Gasteiger partial charge >= 0.3 is 12.1 Å². The highest BCUT2D eigenvalue weighted by atomic mass is 32.1. The van der Waals surface area contributed by atoms with Crippen LogP contribution in [0.2, 0.25) is 0 Å². The molecule has 132 valence electrons. The summed E-state index contributed by atoms with van der Waals surface area (Å²) < 4.78 is 10.4. The molecule has 5 nitrogen and oxygen atoms in total. The molecule has 0 saturated heterocycles. The van der Waals surface area contributed by atoms with Gasteiger partial charge in [-0.1, -0.05) is 48.5 Å². The molecule has 1 aromatic heterocycles. The Bertz CT molecular complexity index is 891.